The standard InChI is InChI=1S/C16H18N4S/c1-2-16-19-14(11-21-16)10-18-9-13-3-5-15(6-4-13)20-8-7-17-12-20/h3-8,11-12,18H,2,9-10H2,1H3. The third kappa shape index (κ3) is 3.56. The lowest BCUT2D eigenvalue weighted by Gasteiger charge is -2.06. The van der Waals surface area contributed by atoms with Crippen molar-refractivity contribution in [1.82, 2.24) is 19.9 Å². The van der Waals surface area contributed by atoms with E-state index in [1.165, 1.54) is 10.6 Å². The zero-order valence-corrected chi connectivity index (χ0v) is 12.8. The molecular weight excluding hydrogens is 280 g/mol. The molecule has 2 aromatic heterocycles. The third-order valence-electron chi connectivity index (χ3n) is 3.28. The van der Waals surface area contributed by atoms with Gasteiger partial charge in [-0.1, -0.05) is 19.1 Å². The highest BCUT2D eigenvalue weighted by molar-refractivity contribution is 7.09. The number of aromatic nitrogens is 3. The van der Waals surface area contributed by atoms with E-state index in [4.69, 9.17) is 0 Å². The predicted octanol–water partition coefficient (Wildman–Crippen LogP) is 3.18. The van der Waals surface area contributed by atoms with Crippen LogP contribution in [0.4, 0.5) is 0 Å². The molecule has 0 aliphatic rings. The molecule has 3 aromatic rings. The van der Waals surface area contributed by atoms with Crippen molar-refractivity contribution in [2.45, 2.75) is 26.4 Å². The molecule has 4 nitrogen and oxygen atoms in total. The Hall–Kier alpha value is -1.98. The number of nitrogens with zero attached hydrogens (tertiary/aromatic N) is 3. The SMILES string of the molecule is CCc1nc(CNCc2ccc(-n3ccnc3)cc2)cs1. The molecule has 2 heterocycles. The summed E-state index contributed by atoms with van der Waals surface area (Å²) in [4.78, 5) is 8.61. The van der Waals surface area contributed by atoms with E-state index in [-0.39, 0.29) is 0 Å². The summed E-state index contributed by atoms with van der Waals surface area (Å²) in [7, 11) is 0. The maximum atomic E-state index is 4.55. The lowest BCUT2D eigenvalue weighted by Crippen LogP contribution is -2.13. The van der Waals surface area contributed by atoms with Crippen LogP contribution in [-0.4, -0.2) is 14.5 Å². The average molecular weight is 298 g/mol. The molecule has 3 rings (SSSR count). The second kappa shape index (κ2) is 6.65. The van der Waals surface area contributed by atoms with Crippen molar-refractivity contribution in [2.24, 2.45) is 0 Å². The monoisotopic (exact) mass is 298 g/mol. The molecule has 0 unspecified atom stereocenters. The Morgan fingerprint density at radius 1 is 1.19 bits per heavy atom. The van der Waals surface area contributed by atoms with Gasteiger partial charge in [0.2, 0.25) is 0 Å². The van der Waals surface area contributed by atoms with Gasteiger partial charge in [0.05, 0.1) is 17.0 Å². The van der Waals surface area contributed by atoms with Gasteiger partial charge in [-0.05, 0) is 24.1 Å². The summed E-state index contributed by atoms with van der Waals surface area (Å²) in [5.74, 6) is 0. The van der Waals surface area contributed by atoms with Gasteiger partial charge in [0.15, 0.2) is 0 Å². The quantitative estimate of drug-likeness (QED) is 0.760. The van der Waals surface area contributed by atoms with E-state index in [9.17, 15) is 0 Å². The molecule has 0 radical (unpaired) electrons. The Morgan fingerprint density at radius 2 is 2.05 bits per heavy atom. The summed E-state index contributed by atoms with van der Waals surface area (Å²) in [5, 5.41) is 6.77. The van der Waals surface area contributed by atoms with E-state index in [0.29, 0.717) is 0 Å². The van der Waals surface area contributed by atoms with Crippen molar-refractivity contribution in [3.63, 3.8) is 0 Å². The van der Waals surface area contributed by atoms with Crippen LogP contribution in [0.3, 0.4) is 0 Å². The van der Waals surface area contributed by atoms with Gasteiger partial charge in [0.25, 0.3) is 0 Å². The fourth-order valence-electron chi connectivity index (χ4n) is 2.13. The predicted molar refractivity (Wildman–Crippen MR) is 85.6 cm³/mol. The summed E-state index contributed by atoms with van der Waals surface area (Å²) < 4.78 is 2.00. The molecule has 0 aliphatic heterocycles. The van der Waals surface area contributed by atoms with Crippen LogP contribution < -0.4 is 5.32 Å². The molecule has 1 N–H and O–H groups in total. The van der Waals surface area contributed by atoms with E-state index < -0.39 is 0 Å². The Morgan fingerprint density at radius 3 is 2.71 bits per heavy atom. The maximum absolute atomic E-state index is 4.55. The highest BCUT2D eigenvalue weighted by atomic mass is 32.1. The molecule has 0 saturated carbocycles. The molecule has 5 heteroatoms. The molecular formula is C16H18N4S. The van der Waals surface area contributed by atoms with Crippen molar-refractivity contribution >= 4 is 11.3 Å². The minimum absolute atomic E-state index is 0.819. The summed E-state index contributed by atoms with van der Waals surface area (Å²) in [6.45, 7) is 3.81. The van der Waals surface area contributed by atoms with Crippen molar-refractivity contribution in [1.29, 1.82) is 0 Å². The van der Waals surface area contributed by atoms with Gasteiger partial charge < -0.3 is 9.88 Å². The lowest BCUT2D eigenvalue weighted by molar-refractivity contribution is 0.681. The molecule has 108 valence electrons. The second-order valence-electron chi connectivity index (χ2n) is 4.83. The highest BCUT2D eigenvalue weighted by Gasteiger charge is 2.00. The normalized spacial score (nSPS) is 10.9. The number of aryl methyl sites for hydroxylation is 1. The first-order chi connectivity index (χ1) is 10.3. The van der Waals surface area contributed by atoms with Crippen LogP contribution in [0, 0.1) is 0 Å². The molecule has 0 saturated heterocycles. The Kier molecular flexibility index (Phi) is 4.43. The topological polar surface area (TPSA) is 42.7 Å². The van der Waals surface area contributed by atoms with Gasteiger partial charge in [0, 0.05) is 36.6 Å². The van der Waals surface area contributed by atoms with Crippen LogP contribution in [0.1, 0.15) is 23.2 Å². The fourth-order valence-corrected chi connectivity index (χ4v) is 2.87. The van der Waals surface area contributed by atoms with E-state index in [1.54, 1.807) is 23.9 Å². The van der Waals surface area contributed by atoms with Crippen LogP contribution in [0.15, 0.2) is 48.4 Å². The summed E-state index contributed by atoms with van der Waals surface area (Å²) in [6, 6.07) is 8.50. The summed E-state index contributed by atoms with van der Waals surface area (Å²) in [6.07, 6.45) is 6.55. The first-order valence-electron chi connectivity index (χ1n) is 7.06. The van der Waals surface area contributed by atoms with Crippen LogP contribution >= 0.6 is 11.3 Å². The summed E-state index contributed by atoms with van der Waals surface area (Å²) in [5.41, 5.74) is 3.53. The van der Waals surface area contributed by atoms with Crippen molar-refractivity contribution in [3.05, 3.63) is 64.6 Å². The number of hydrogen-bond donors (Lipinski definition) is 1. The highest BCUT2D eigenvalue weighted by Crippen LogP contribution is 2.11. The number of nitrogens with one attached hydrogen (secondary N) is 1. The lowest BCUT2D eigenvalue weighted by atomic mass is 10.2. The largest absolute Gasteiger partial charge is 0.307 e. The second-order valence-corrected chi connectivity index (χ2v) is 5.77. The maximum Gasteiger partial charge on any atom is 0.0991 e. The summed E-state index contributed by atoms with van der Waals surface area (Å²) >= 11 is 1.74. The number of rotatable bonds is 6. The van der Waals surface area contributed by atoms with Gasteiger partial charge in [0.1, 0.15) is 0 Å². The zero-order chi connectivity index (χ0) is 14.5. The molecule has 21 heavy (non-hydrogen) atoms. The van der Waals surface area contributed by atoms with E-state index in [1.807, 2.05) is 10.8 Å². The van der Waals surface area contributed by atoms with Crippen LogP contribution in [0.25, 0.3) is 5.69 Å². The van der Waals surface area contributed by atoms with Crippen LogP contribution in [0.5, 0.6) is 0 Å². The molecule has 0 aliphatic carbocycles. The molecule has 0 amide bonds. The Bertz CT molecular complexity index is 671. The zero-order valence-electron chi connectivity index (χ0n) is 12.0. The van der Waals surface area contributed by atoms with Gasteiger partial charge in [-0.3, -0.25) is 0 Å². The molecule has 1 aromatic carbocycles. The average Bonchev–Trinajstić information content (AvgIpc) is 3.19. The molecule has 0 atom stereocenters. The van der Waals surface area contributed by atoms with Gasteiger partial charge in [-0.2, -0.15) is 0 Å². The molecule has 0 bridgehead atoms. The molecule has 0 spiro atoms. The number of imidazole rings is 1. The van der Waals surface area contributed by atoms with E-state index in [0.717, 1.165) is 30.9 Å². The van der Waals surface area contributed by atoms with Crippen molar-refractivity contribution in [2.75, 3.05) is 0 Å². The van der Waals surface area contributed by atoms with Gasteiger partial charge in [-0.25, -0.2) is 9.97 Å². The third-order valence-corrected chi connectivity index (χ3v) is 4.32. The van der Waals surface area contributed by atoms with Gasteiger partial charge >= 0.3 is 0 Å². The number of thiazole rings is 1. The van der Waals surface area contributed by atoms with Crippen LogP contribution in [-0.2, 0) is 19.5 Å². The Labute approximate surface area is 128 Å². The minimum atomic E-state index is 0.819. The first kappa shape index (κ1) is 14.0. The van der Waals surface area contributed by atoms with Gasteiger partial charge in [-0.15, -0.1) is 11.3 Å². The van der Waals surface area contributed by atoms with Crippen LogP contribution in [0.2, 0.25) is 0 Å². The Balaban J connectivity index is 1.53. The first-order valence-corrected chi connectivity index (χ1v) is 7.94. The number of benzene rings is 1. The van der Waals surface area contributed by atoms with Crippen molar-refractivity contribution in [3.8, 4) is 5.69 Å². The minimum Gasteiger partial charge on any atom is -0.307 e. The van der Waals surface area contributed by atoms with E-state index >= 15 is 0 Å². The smallest absolute Gasteiger partial charge is 0.0991 e. The molecule has 0 fully saturated rings. The van der Waals surface area contributed by atoms with Crippen molar-refractivity contribution < 1.29 is 0 Å². The van der Waals surface area contributed by atoms with E-state index in [2.05, 4.69) is 51.9 Å². The fraction of sp³-hybridized carbons (Fsp3) is 0.250. The number of hydrogen-bond acceptors (Lipinski definition) is 4.